The zero-order chi connectivity index (χ0) is 25.5. The average molecular weight is 500 g/mol. The second kappa shape index (κ2) is 12.4. The van der Waals surface area contributed by atoms with Crippen molar-refractivity contribution in [3.63, 3.8) is 0 Å². The van der Waals surface area contributed by atoms with Gasteiger partial charge in [0.1, 0.15) is 12.4 Å². The standard InChI is InChI=1S/C31H37N3O3/c35-31(33-36)26-14-12-23(13-15-26)20-24(22-37-30-11-5-7-25-6-1-4-10-29(25)30)21-32-27-16-18-34(19-17-27)28-8-2-3-9-28/h1,4-7,10-15,20,27-28,32,36H,2-3,8-9,16-19,21-22H2,(H,33,35). The van der Waals surface area contributed by atoms with E-state index in [0.29, 0.717) is 18.2 Å². The van der Waals surface area contributed by atoms with Crippen LogP contribution in [0.15, 0.2) is 72.3 Å². The molecule has 0 unspecified atom stereocenters. The number of nitrogens with one attached hydrogen (secondary N) is 2. The molecule has 1 heterocycles. The highest BCUT2D eigenvalue weighted by Crippen LogP contribution is 2.27. The Morgan fingerprint density at radius 2 is 1.68 bits per heavy atom. The molecule has 3 aromatic rings. The minimum Gasteiger partial charge on any atom is -0.489 e. The number of benzene rings is 3. The fourth-order valence-electron chi connectivity index (χ4n) is 5.68. The first-order valence-electron chi connectivity index (χ1n) is 13.5. The molecule has 0 atom stereocenters. The third kappa shape index (κ3) is 6.58. The van der Waals surface area contributed by atoms with Crippen molar-refractivity contribution in [2.75, 3.05) is 26.2 Å². The van der Waals surface area contributed by atoms with Crippen LogP contribution in [0.4, 0.5) is 0 Å². The van der Waals surface area contributed by atoms with Crippen molar-refractivity contribution in [1.29, 1.82) is 0 Å². The predicted octanol–water partition coefficient (Wildman–Crippen LogP) is 5.42. The fraction of sp³-hybridized carbons (Fsp3) is 0.387. The maximum atomic E-state index is 11.7. The van der Waals surface area contributed by atoms with Crippen molar-refractivity contribution >= 4 is 22.8 Å². The van der Waals surface area contributed by atoms with Gasteiger partial charge in [-0.05, 0) is 73.5 Å². The van der Waals surface area contributed by atoms with Crippen LogP contribution in [0.2, 0.25) is 0 Å². The second-order valence-corrected chi connectivity index (χ2v) is 10.3. The zero-order valence-electron chi connectivity index (χ0n) is 21.4. The fourth-order valence-corrected chi connectivity index (χ4v) is 5.68. The van der Waals surface area contributed by atoms with Gasteiger partial charge in [-0.1, -0.05) is 67.4 Å². The quantitative estimate of drug-likeness (QED) is 0.271. The van der Waals surface area contributed by atoms with Crippen LogP contribution < -0.4 is 15.5 Å². The number of hydrogen-bond acceptors (Lipinski definition) is 5. The lowest BCUT2D eigenvalue weighted by molar-refractivity contribution is 0.0706. The van der Waals surface area contributed by atoms with Crippen LogP contribution in [0.25, 0.3) is 16.8 Å². The number of hydroxylamine groups is 1. The highest BCUT2D eigenvalue weighted by molar-refractivity contribution is 5.93. The number of carbonyl (C=O) groups is 1. The minimum absolute atomic E-state index is 0.417. The van der Waals surface area contributed by atoms with E-state index >= 15 is 0 Å². The van der Waals surface area contributed by atoms with Gasteiger partial charge in [0.15, 0.2) is 0 Å². The topological polar surface area (TPSA) is 73.8 Å². The average Bonchev–Trinajstić information content (AvgIpc) is 3.50. The lowest BCUT2D eigenvalue weighted by Crippen LogP contribution is -2.46. The minimum atomic E-state index is -0.513. The molecular weight excluding hydrogens is 462 g/mol. The summed E-state index contributed by atoms with van der Waals surface area (Å²) in [6.45, 7) is 3.59. The molecule has 1 aliphatic carbocycles. The van der Waals surface area contributed by atoms with Crippen molar-refractivity contribution in [3.8, 4) is 5.75 Å². The predicted molar refractivity (Wildman–Crippen MR) is 148 cm³/mol. The maximum absolute atomic E-state index is 11.7. The Balaban J connectivity index is 1.26. The summed E-state index contributed by atoms with van der Waals surface area (Å²) >= 11 is 0. The number of piperidine rings is 1. The number of likely N-dealkylation sites (tertiary alicyclic amines) is 1. The second-order valence-electron chi connectivity index (χ2n) is 10.3. The molecule has 0 radical (unpaired) electrons. The van der Waals surface area contributed by atoms with E-state index in [2.05, 4.69) is 34.5 Å². The molecule has 2 fully saturated rings. The van der Waals surface area contributed by atoms with Gasteiger partial charge in [0.05, 0.1) is 0 Å². The zero-order valence-corrected chi connectivity index (χ0v) is 21.4. The molecule has 2 aliphatic rings. The Morgan fingerprint density at radius 3 is 2.43 bits per heavy atom. The lowest BCUT2D eigenvalue weighted by Gasteiger charge is -2.36. The van der Waals surface area contributed by atoms with Gasteiger partial charge in [-0.25, -0.2) is 5.48 Å². The molecule has 6 nitrogen and oxygen atoms in total. The van der Waals surface area contributed by atoms with Crippen LogP contribution in [0.5, 0.6) is 5.75 Å². The normalized spacial score (nSPS) is 17.8. The molecule has 0 bridgehead atoms. The van der Waals surface area contributed by atoms with Crippen molar-refractivity contribution in [2.45, 2.75) is 50.6 Å². The van der Waals surface area contributed by atoms with Gasteiger partial charge in [0.25, 0.3) is 5.91 Å². The smallest absolute Gasteiger partial charge is 0.274 e. The maximum Gasteiger partial charge on any atom is 0.274 e. The number of rotatable bonds is 9. The first-order chi connectivity index (χ1) is 18.2. The Kier molecular flexibility index (Phi) is 8.51. The first kappa shape index (κ1) is 25.5. The molecule has 37 heavy (non-hydrogen) atoms. The highest BCUT2D eigenvalue weighted by atomic mass is 16.5. The summed E-state index contributed by atoms with van der Waals surface area (Å²) in [6, 6.07) is 23.0. The third-order valence-electron chi connectivity index (χ3n) is 7.80. The van der Waals surface area contributed by atoms with E-state index in [0.717, 1.165) is 40.2 Å². The first-order valence-corrected chi connectivity index (χ1v) is 13.5. The Morgan fingerprint density at radius 1 is 0.946 bits per heavy atom. The summed E-state index contributed by atoms with van der Waals surface area (Å²) in [5, 5.41) is 15.0. The molecule has 1 aliphatic heterocycles. The van der Waals surface area contributed by atoms with Gasteiger partial charge in [0, 0.05) is 29.6 Å². The van der Waals surface area contributed by atoms with Gasteiger partial charge in [-0.15, -0.1) is 0 Å². The van der Waals surface area contributed by atoms with Crippen molar-refractivity contribution in [2.24, 2.45) is 0 Å². The third-order valence-corrected chi connectivity index (χ3v) is 7.80. The number of ether oxygens (including phenoxy) is 1. The van der Waals surface area contributed by atoms with Crippen molar-refractivity contribution in [1.82, 2.24) is 15.7 Å². The van der Waals surface area contributed by atoms with E-state index < -0.39 is 5.91 Å². The number of fused-ring (bicyclic) bond motifs is 1. The largest absolute Gasteiger partial charge is 0.489 e. The van der Waals surface area contributed by atoms with Crippen LogP contribution in [0.1, 0.15) is 54.4 Å². The Hall–Kier alpha value is -3.19. The molecule has 194 valence electrons. The molecular formula is C31H37N3O3. The number of carbonyl (C=O) groups excluding carboxylic acids is 1. The van der Waals surface area contributed by atoms with Gasteiger partial charge in [-0.2, -0.15) is 0 Å². The summed E-state index contributed by atoms with van der Waals surface area (Å²) in [5.41, 5.74) is 4.23. The van der Waals surface area contributed by atoms with Gasteiger partial charge in [-0.3, -0.25) is 10.0 Å². The van der Waals surface area contributed by atoms with Crippen LogP contribution in [-0.2, 0) is 0 Å². The lowest BCUT2D eigenvalue weighted by atomic mass is 10.0. The Labute approximate surface area is 219 Å². The molecule has 0 aromatic heterocycles. The van der Waals surface area contributed by atoms with E-state index in [1.165, 1.54) is 51.6 Å². The number of hydrogen-bond donors (Lipinski definition) is 3. The van der Waals surface area contributed by atoms with E-state index in [4.69, 9.17) is 9.94 Å². The molecule has 1 amide bonds. The van der Waals surface area contributed by atoms with Gasteiger partial charge >= 0.3 is 0 Å². The van der Waals surface area contributed by atoms with Crippen LogP contribution >= 0.6 is 0 Å². The molecule has 3 N–H and O–H groups in total. The summed E-state index contributed by atoms with van der Waals surface area (Å²) in [7, 11) is 0. The Bertz CT molecular complexity index is 1200. The van der Waals surface area contributed by atoms with E-state index in [-0.39, 0.29) is 0 Å². The van der Waals surface area contributed by atoms with Crippen molar-refractivity contribution in [3.05, 3.63) is 83.4 Å². The van der Waals surface area contributed by atoms with Crippen LogP contribution in [0, 0.1) is 0 Å². The summed E-state index contributed by atoms with van der Waals surface area (Å²) in [6.07, 6.45) is 10.0. The molecule has 0 spiro atoms. The van der Waals surface area contributed by atoms with Crippen LogP contribution in [-0.4, -0.2) is 54.3 Å². The SMILES string of the molecule is O=C(NO)c1ccc(C=C(CNC2CCN(C3CCCC3)CC2)COc2cccc3ccccc23)cc1. The number of amides is 1. The summed E-state index contributed by atoms with van der Waals surface area (Å²) < 4.78 is 6.34. The van der Waals surface area contributed by atoms with E-state index in [1.54, 1.807) is 17.6 Å². The summed E-state index contributed by atoms with van der Waals surface area (Å²) in [5.74, 6) is 0.365. The molecule has 1 saturated heterocycles. The van der Waals surface area contributed by atoms with E-state index in [9.17, 15) is 4.79 Å². The summed E-state index contributed by atoms with van der Waals surface area (Å²) in [4.78, 5) is 14.4. The van der Waals surface area contributed by atoms with Crippen LogP contribution in [0.3, 0.4) is 0 Å². The molecule has 3 aromatic carbocycles. The van der Waals surface area contributed by atoms with Crippen molar-refractivity contribution < 1.29 is 14.7 Å². The number of nitrogens with zero attached hydrogens (tertiary/aromatic N) is 1. The van der Waals surface area contributed by atoms with E-state index in [1.807, 2.05) is 36.4 Å². The van der Waals surface area contributed by atoms with Gasteiger partial charge in [0.2, 0.25) is 0 Å². The molecule has 1 saturated carbocycles. The molecule has 6 heteroatoms. The van der Waals surface area contributed by atoms with Gasteiger partial charge < -0.3 is 15.0 Å². The highest BCUT2D eigenvalue weighted by Gasteiger charge is 2.26. The molecule has 5 rings (SSSR count). The monoisotopic (exact) mass is 499 g/mol.